The summed E-state index contributed by atoms with van der Waals surface area (Å²) in [4.78, 5) is 19.6. The van der Waals surface area contributed by atoms with Crippen molar-refractivity contribution in [2.24, 2.45) is 17.8 Å². The summed E-state index contributed by atoms with van der Waals surface area (Å²) in [5.74, 6) is 2.47. The molecule has 4 rings (SSSR count). The highest BCUT2D eigenvalue weighted by atomic mass is 16.5. The lowest BCUT2D eigenvalue weighted by molar-refractivity contribution is -0.138. The molecule has 1 aromatic heterocycles. The Kier molecular flexibility index (Phi) is 4.10. The quantitative estimate of drug-likeness (QED) is 0.851. The molecule has 0 N–H and O–H groups in total. The van der Waals surface area contributed by atoms with Crippen LogP contribution in [0, 0.1) is 17.8 Å². The van der Waals surface area contributed by atoms with Gasteiger partial charge >= 0.3 is 0 Å². The van der Waals surface area contributed by atoms with Crippen LogP contribution < -0.4 is 0 Å². The second kappa shape index (κ2) is 6.28. The molecule has 4 atom stereocenters. The van der Waals surface area contributed by atoms with Crippen LogP contribution in [0.25, 0.3) is 11.4 Å². The lowest BCUT2D eigenvalue weighted by Gasteiger charge is -2.32. The number of hydrogen-bond donors (Lipinski definition) is 0. The van der Waals surface area contributed by atoms with Gasteiger partial charge in [0, 0.05) is 18.7 Å². The van der Waals surface area contributed by atoms with Gasteiger partial charge in [0.2, 0.25) is 17.6 Å². The third-order valence-electron chi connectivity index (χ3n) is 6.08. The first-order valence-electron chi connectivity index (χ1n) is 9.22. The Morgan fingerprint density at radius 2 is 1.92 bits per heavy atom. The lowest BCUT2D eigenvalue weighted by Crippen LogP contribution is -2.42. The van der Waals surface area contributed by atoms with Crippen LogP contribution in [0.3, 0.4) is 0 Å². The molecule has 2 fully saturated rings. The van der Waals surface area contributed by atoms with Crippen LogP contribution >= 0.6 is 0 Å². The Morgan fingerprint density at radius 1 is 1.20 bits per heavy atom. The van der Waals surface area contributed by atoms with E-state index in [-0.39, 0.29) is 23.8 Å². The van der Waals surface area contributed by atoms with Gasteiger partial charge in [-0.15, -0.1) is 0 Å². The third kappa shape index (κ3) is 2.75. The summed E-state index contributed by atoms with van der Waals surface area (Å²) >= 11 is 0. The van der Waals surface area contributed by atoms with E-state index < -0.39 is 0 Å². The third-order valence-corrected chi connectivity index (χ3v) is 6.08. The second-order valence-electron chi connectivity index (χ2n) is 7.75. The van der Waals surface area contributed by atoms with Crippen molar-refractivity contribution in [2.45, 2.75) is 45.1 Å². The second-order valence-corrected chi connectivity index (χ2v) is 7.75. The van der Waals surface area contributed by atoms with E-state index in [2.05, 4.69) is 24.0 Å². The minimum atomic E-state index is -0.0183. The Morgan fingerprint density at radius 3 is 2.64 bits per heavy atom. The van der Waals surface area contributed by atoms with Crippen LogP contribution in [0.4, 0.5) is 0 Å². The van der Waals surface area contributed by atoms with Gasteiger partial charge in [0.25, 0.3) is 0 Å². The summed E-state index contributed by atoms with van der Waals surface area (Å²) in [6.07, 6.45) is 3.41. The fraction of sp³-hybridized carbons (Fsp3) is 0.550. The number of fused-ring (bicyclic) bond motifs is 2. The zero-order valence-electron chi connectivity index (χ0n) is 15.1. The number of aromatic nitrogens is 2. The molecule has 0 saturated heterocycles. The predicted octanol–water partition coefficient (Wildman–Crippen LogP) is 3.73. The highest BCUT2D eigenvalue weighted by Gasteiger charge is 2.54. The van der Waals surface area contributed by atoms with Gasteiger partial charge in [0.1, 0.15) is 0 Å². The normalized spacial score (nSPS) is 27.8. The first-order valence-corrected chi connectivity index (χ1v) is 9.22. The largest absolute Gasteiger partial charge is 0.343 e. The molecule has 2 bridgehead atoms. The van der Waals surface area contributed by atoms with E-state index in [0.29, 0.717) is 23.6 Å². The molecule has 5 nitrogen and oxygen atoms in total. The van der Waals surface area contributed by atoms with Crippen LogP contribution in [0.5, 0.6) is 0 Å². The zero-order chi connectivity index (χ0) is 17.6. The summed E-state index contributed by atoms with van der Waals surface area (Å²) in [6.45, 7) is 4.11. The molecule has 2 aromatic rings. The molecule has 0 spiro atoms. The van der Waals surface area contributed by atoms with Crippen molar-refractivity contribution < 1.29 is 9.32 Å². The molecule has 1 aromatic carbocycles. The highest BCUT2D eigenvalue weighted by Crippen LogP contribution is 2.57. The average Bonchev–Trinajstić information content (AvgIpc) is 3.35. The van der Waals surface area contributed by atoms with Gasteiger partial charge in [-0.25, -0.2) is 0 Å². The monoisotopic (exact) mass is 339 g/mol. The van der Waals surface area contributed by atoms with Gasteiger partial charge < -0.3 is 9.42 Å². The summed E-state index contributed by atoms with van der Waals surface area (Å²) < 4.78 is 5.64. The first kappa shape index (κ1) is 16.3. The summed E-state index contributed by atoms with van der Waals surface area (Å²) in [6, 6.07) is 10.1. The molecular weight excluding hydrogens is 314 g/mol. The molecule has 0 aliphatic heterocycles. The van der Waals surface area contributed by atoms with Gasteiger partial charge in [-0.3, -0.25) is 4.79 Å². The maximum atomic E-state index is 13.1. The standard InChI is InChI=1S/C20H25N3O2/c1-12(2)23(3)20(24)17-15-10-9-14(11-15)16(17)19-21-18(22-25-19)13-7-5-4-6-8-13/h4-8,12,14-17H,9-11H2,1-3H3/t14-,15+,16+,17+/m1/s1. The summed E-state index contributed by atoms with van der Waals surface area (Å²) in [7, 11) is 1.90. The number of carbonyl (C=O) groups is 1. The van der Waals surface area contributed by atoms with Crippen molar-refractivity contribution in [2.75, 3.05) is 7.05 Å². The van der Waals surface area contributed by atoms with Crippen LogP contribution in [0.15, 0.2) is 34.9 Å². The van der Waals surface area contributed by atoms with E-state index in [1.165, 1.54) is 0 Å². The zero-order valence-corrected chi connectivity index (χ0v) is 15.1. The Labute approximate surface area is 148 Å². The van der Waals surface area contributed by atoms with E-state index in [1.54, 1.807) is 0 Å². The van der Waals surface area contributed by atoms with Crippen molar-refractivity contribution in [3.8, 4) is 11.4 Å². The molecule has 2 saturated carbocycles. The number of hydrogen-bond acceptors (Lipinski definition) is 4. The van der Waals surface area contributed by atoms with Gasteiger partial charge in [0.15, 0.2) is 0 Å². The summed E-state index contributed by atoms with van der Waals surface area (Å²) in [5, 5.41) is 4.18. The van der Waals surface area contributed by atoms with Gasteiger partial charge in [0.05, 0.1) is 11.8 Å². The van der Waals surface area contributed by atoms with E-state index >= 15 is 0 Å². The minimum Gasteiger partial charge on any atom is -0.343 e. The van der Waals surface area contributed by atoms with E-state index in [4.69, 9.17) is 4.52 Å². The van der Waals surface area contributed by atoms with Crippen LogP contribution in [-0.2, 0) is 4.79 Å². The van der Waals surface area contributed by atoms with Gasteiger partial charge in [-0.1, -0.05) is 35.5 Å². The number of benzene rings is 1. The van der Waals surface area contributed by atoms with Crippen molar-refractivity contribution >= 4 is 5.91 Å². The molecule has 2 aliphatic carbocycles. The van der Waals surface area contributed by atoms with Crippen molar-refractivity contribution in [1.29, 1.82) is 0 Å². The number of carbonyl (C=O) groups excluding carboxylic acids is 1. The molecule has 2 aliphatic rings. The van der Waals surface area contributed by atoms with Crippen LogP contribution in [0.1, 0.15) is 44.9 Å². The minimum absolute atomic E-state index is 0.0183. The van der Waals surface area contributed by atoms with Crippen molar-refractivity contribution in [3.63, 3.8) is 0 Å². The maximum absolute atomic E-state index is 13.1. The fourth-order valence-corrected chi connectivity index (χ4v) is 4.57. The van der Waals surface area contributed by atoms with Gasteiger partial charge in [-0.2, -0.15) is 4.98 Å². The fourth-order valence-electron chi connectivity index (χ4n) is 4.57. The van der Waals surface area contributed by atoms with E-state index in [0.717, 1.165) is 24.8 Å². The molecule has 1 amide bonds. The predicted molar refractivity (Wildman–Crippen MR) is 94.7 cm³/mol. The molecule has 5 heteroatoms. The smallest absolute Gasteiger partial charge is 0.231 e. The molecule has 1 heterocycles. The molecule has 132 valence electrons. The number of rotatable bonds is 4. The molecule has 0 unspecified atom stereocenters. The highest BCUT2D eigenvalue weighted by molar-refractivity contribution is 5.80. The topological polar surface area (TPSA) is 59.2 Å². The van der Waals surface area contributed by atoms with E-state index in [9.17, 15) is 4.79 Å². The number of nitrogens with zero attached hydrogens (tertiary/aromatic N) is 3. The first-order chi connectivity index (χ1) is 12.1. The summed E-state index contributed by atoms with van der Waals surface area (Å²) in [5.41, 5.74) is 0.947. The maximum Gasteiger partial charge on any atom is 0.231 e. The average molecular weight is 339 g/mol. The Bertz CT molecular complexity index is 755. The Balaban J connectivity index is 1.64. The van der Waals surface area contributed by atoms with Crippen molar-refractivity contribution in [3.05, 3.63) is 36.2 Å². The lowest BCUT2D eigenvalue weighted by atomic mass is 9.78. The molecular formula is C20H25N3O2. The van der Waals surface area contributed by atoms with Crippen LogP contribution in [-0.4, -0.2) is 34.0 Å². The van der Waals surface area contributed by atoms with E-state index in [1.807, 2.05) is 42.3 Å². The number of amides is 1. The SMILES string of the molecule is CC(C)N(C)C(=O)[C@H]1[C@H]2CC[C@H](C2)[C@@H]1c1nc(-c2ccccc2)no1. The van der Waals surface area contributed by atoms with Crippen molar-refractivity contribution in [1.82, 2.24) is 15.0 Å². The Hall–Kier alpha value is -2.17. The van der Waals surface area contributed by atoms with Crippen LogP contribution in [0.2, 0.25) is 0 Å². The molecule has 0 radical (unpaired) electrons. The molecule has 25 heavy (non-hydrogen) atoms. The van der Waals surface area contributed by atoms with Gasteiger partial charge in [-0.05, 0) is 44.9 Å².